The van der Waals surface area contributed by atoms with E-state index in [0.29, 0.717) is 6.54 Å². The van der Waals surface area contributed by atoms with E-state index in [1.807, 2.05) is 19.2 Å². The van der Waals surface area contributed by atoms with Gasteiger partial charge in [0.2, 0.25) is 5.91 Å². The highest BCUT2D eigenvalue weighted by Crippen LogP contribution is 2.17. The molecule has 1 amide bonds. The minimum atomic E-state index is 0.00456. The van der Waals surface area contributed by atoms with Crippen molar-refractivity contribution in [2.75, 3.05) is 20.1 Å². The van der Waals surface area contributed by atoms with Gasteiger partial charge in [-0.3, -0.25) is 4.79 Å². The van der Waals surface area contributed by atoms with Crippen molar-refractivity contribution in [1.29, 1.82) is 0 Å². The molecular formula is C24H35N3O. The monoisotopic (exact) mass is 381 g/mol. The summed E-state index contributed by atoms with van der Waals surface area (Å²) in [5.41, 5.74) is 8.71. The SMILES string of the molecule is CNCCC[C@H](N)CNC(=O)C(CCc1ccccc1)CCc1ccccc1. The van der Waals surface area contributed by atoms with Gasteiger partial charge in [-0.1, -0.05) is 60.7 Å². The normalized spacial score (nSPS) is 12.1. The van der Waals surface area contributed by atoms with E-state index < -0.39 is 0 Å². The zero-order valence-corrected chi connectivity index (χ0v) is 17.1. The molecule has 0 spiro atoms. The molecule has 0 radical (unpaired) electrons. The fourth-order valence-electron chi connectivity index (χ4n) is 3.40. The summed E-state index contributed by atoms with van der Waals surface area (Å²) in [7, 11) is 1.94. The standard InChI is InChI=1S/C24H35N3O/c1-26-18-8-13-23(25)19-27-24(28)22(16-14-20-9-4-2-5-10-20)17-15-21-11-6-3-7-12-21/h2-7,9-12,22-23,26H,8,13-19,25H2,1H3,(H,27,28)/t23-/m0/s1. The molecule has 0 aliphatic carbocycles. The van der Waals surface area contributed by atoms with Crippen LogP contribution in [0.25, 0.3) is 0 Å². The predicted octanol–water partition coefficient (Wildman–Crippen LogP) is 3.31. The zero-order chi connectivity index (χ0) is 20.0. The lowest BCUT2D eigenvalue weighted by atomic mass is 9.92. The average molecular weight is 382 g/mol. The van der Waals surface area contributed by atoms with Crippen molar-refractivity contribution in [3.63, 3.8) is 0 Å². The Balaban J connectivity index is 1.87. The third-order valence-electron chi connectivity index (χ3n) is 5.16. The minimum absolute atomic E-state index is 0.00456. The number of aryl methyl sites for hydroxylation is 2. The van der Waals surface area contributed by atoms with Crippen molar-refractivity contribution >= 4 is 5.91 Å². The molecule has 0 heterocycles. The van der Waals surface area contributed by atoms with Gasteiger partial charge in [0.15, 0.2) is 0 Å². The van der Waals surface area contributed by atoms with E-state index >= 15 is 0 Å². The van der Waals surface area contributed by atoms with Crippen molar-refractivity contribution in [3.05, 3.63) is 71.8 Å². The first-order valence-electron chi connectivity index (χ1n) is 10.4. The van der Waals surface area contributed by atoms with Gasteiger partial charge in [-0.2, -0.15) is 0 Å². The summed E-state index contributed by atoms with van der Waals surface area (Å²) in [6.07, 6.45) is 5.50. The Morgan fingerprint density at radius 2 is 1.43 bits per heavy atom. The molecule has 1 atom stereocenters. The molecule has 0 unspecified atom stereocenters. The molecular weight excluding hydrogens is 346 g/mol. The zero-order valence-electron chi connectivity index (χ0n) is 17.1. The first-order valence-corrected chi connectivity index (χ1v) is 10.4. The number of nitrogens with one attached hydrogen (secondary N) is 2. The quantitative estimate of drug-likeness (QED) is 0.466. The van der Waals surface area contributed by atoms with E-state index in [4.69, 9.17) is 5.73 Å². The van der Waals surface area contributed by atoms with Crippen LogP contribution in [0.1, 0.15) is 36.8 Å². The van der Waals surface area contributed by atoms with Gasteiger partial charge in [-0.25, -0.2) is 0 Å². The Morgan fingerprint density at radius 1 is 0.893 bits per heavy atom. The molecule has 0 saturated heterocycles. The second-order valence-electron chi connectivity index (χ2n) is 7.50. The number of rotatable bonds is 13. The number of carbonyl (C=O) groups is 1. The van der Waals surface area contributed by atoms with E-state index in [1.165, 1.54) is 11.1 Å². The smallest absolute Gasteiger partial charge is 0.223 e. The lowest BCUT2D eigenvalue weighted by Gasteiger charge is -2.19. The first-order chi connectivity index (χ1) is 13.7. The highest BCUT2D eigenvalue weighted by molar-refractivity contribution is 5.78. The van der Waals surface area contributed by atoms with Crippen molar-refractivity contribution in [3.8, 4) is 0 Å². The van der Waals surface area contributed by atoms with Crippen LogP contribution in [0.2, 0.25) is 0 Å². The lowest BCUT2D eigenvalue weighted by Crippen LogP contribution is -2.40. The maximum atomic E-state index is 12.8. The molecule has 2 aromatic rings. The van der Waals surface area contributed by atoms with Crippen molar-refractivity contribution in [1.82, 2.24) is 10.6 Å². The van der Waals surface area contributed by atoms with E-state index in [-0.39, 0.29) is 17.9 Å². The molecule has 28 heavy (non-hydrogen) atoms. The van der Waals surface area contributed by atoms with E-state index in [1.54, 1.807) is 0 Å². The highest BCUT2D eigenvalue weighted by Gasteiger charge is 2.19. The fraction of sp³-hybridized carbons (Fsp3) is 0.458. The van der Waals surface area contributed by atoms with Crippen LogP contribution in [0.15, 0.2) is 60.7 Å². The minimum Gasteiger partial charge on any atom is -0.354 e. The van der Waals surface area contributed by atoms with Crippen LogP contribution < -0.4 is 16.4 Å². The fourth-order valence-corrected chi connectivity index (χ4v) is 3.40. The average Bonchev–Trinajstić information content (AvgIpc) is 2.74. The number of nitrogens with two attached hydrogens (primary N) is 1. The van der Waals surface area contributed by atoms with E-state index in [0.717, 1.165) is 45.1 Å². The lowest BCUT2D eigenvalue weighted by molar-refractivity contribution is -0.125. The molecule has 4 heteroatoms. The number of hydrogen-bond donors (Lipinski definition) is 3. The van der Waals surface area contributed by atoms with Crippen LogP contribution in [0, 0.1) is 5.92 Å². The topological polar surface area (TPSA) is 67.2 Å². The van der Waals surface area contributed by atoms with Gasteiger partial charge in [0.05, 0.1) is 0 Å². The third-order valence-corrected chi connectivity index (χ3v) is 5.16. The maximum Gasteiger partial charge on any atom is 0.223 e. The molecule has 0 aromatic heterocycles. The van der Waals surface area contributed by atoms with Crippen molar-refractivity contribution in [2.24, 2.45) is 11.7 Å². The van der Waals surface area contributed by atoms with Gasteiger partial charge in [0, 0.05) is 18.5 Å². The summed E-state index contributed by atoms with van der Waals surface area (Å²) in [5, 5.41) is 6.23. The number of benzene rings is 2. The van der Waals surface area contributed by atoms with Crippen molar-refractivity contribution in [2.45, 2.75) is 44.6 Å². The van der Waals surface area contributed by atoms with Crippen LogP contribution in [0.3, 0.4) is 0 Å². The summed E-state index contributed by atoms with van der Waals surface area (Å²) >= 11 is 0. The Bertz CT molecular complexity index is 617. The van der Waals surface area contributed by atoms with Gasteiger partial charge < -0.3 is 16.4 Å². The Kier molecular flexibility index (Phi) is 10.3. The largest absolute Gasteiger partial charge is 0.354 e. The first kappa shape index (κ1) is 22.1. The summed E-state index contributed by atoms with van der Waals surface area (Å²) in [6, 6.07) is 20.8. The summed E-state index contributed by atoms with van der Waals surface area (Å²) < 4.78 is 0. The van der Waals surface area contributed by atoms with Crippen LogP contribution in [-0.2, 0) is 17.6 Å². The van der Waals surface area contributed by atoms with Crippen LogP contribution in [0.5, 0.6) is 0 Å². The van der Waals surface area contributed by atoms with Gasteiger partial charge in [-0.05, 0) is 63.2 Å². The predicted molar refractivity (Wildman–Crippen MR) is 117 cm³/mol. The number of hydrogen-bond acceptors (Lipinski definition) is 3. The third kappa shape index (κ3) is 8.68. The van der Waals surface area contributed by atoms with Crippen LogP contribution >= 0.6 is 0 Å². The van der Waals surface area contributed by atoms with Crippen molar-refractivity contribution < 1.29 is 4.79 Å². The number of carbonyl (C=O) groups excluding carboxylic acids is 1. The van der Waals surface area contributed by atoms with Gasteiger partial charge in [0.1, 0.15) is 0 Å². The molecule has 0 aliphatic heterocycles. The van der Waals surface area contributed by atoms with Gasteiger partial charge in [-0.15, -0.1) is 0 Å². The molecule has 0 bridgehead atoms. The second-order valence-corrected chi connectivity index (χ2v) is 7.50. The van der Waals surface area contributed by atoms with Gasteiger partial charge >= 0.3 is 0 Å². The Morgan fingerprint density at radius 3 is 1.93 bits per heavy atom. The highest BCUT2D eigenvalue weighted by atomic mass is 16.1. The molecule has 0 fully saturated rings. The molecule has 4 N–H and O–H groups in total. The molecule has 2 aromatic carbocycles. The van der Waals surface area contributed by atoms with E-state index in [2.05, 4.69) is 59.2 Å². The Hall–Kier alpha value is -2.17. The summed E-state index contributed by atoms with van der Waals surface area (Å²) in [4.78, 5) is 12.8. The van der Waals surface area contributed by atoms with Crippen LogP contribution in [-0.4, -0.2) is 32.1 Å². The molecule has 0 aliphatic rings. The maximum absolute atomic E-state index is 12.8. The van der Waals surface area contributed by atoms with Gasteiger partial charge in [0.25, 0.3) is 0 Å². The molecule has 152 valence electrons. The number of amides is 1. The Labute approximate surface area is 169 Å². The summed E-state index contributed by atoms with van der Waals surface area (Å²) in [5.74, 6) is 0.140. The summed E-state index contributed by atoms with van der Waals surface area (Å²) in [6.45, 7) is 1.51. The van der Waals surface area contributed by atoms with E-state index in [9.17, 15) is 4.79 Å². The molecule has 4 nitrogen and oxygen atoms in total. The second kappa shape index (κ2) is 13.1. The molecule has 2 rings (SSSR count). The van der Waals surface area contributed by atoms with Crippen LogP contribution in [0.4, 0.5) is 0 Å². The molecule has 0 saturated carbocycles.